The van der Waals surface area contributed by atoms with Gasteiger partial charge in [-0.15, -0.1) is 0 Å². The molecule has 4 heteroatoms. The summed E-state index contributed by atoms with van der Waals surface area (Å²) in [5, 5.41) is 8.96. The van der Waals surface area contributed by atoms with Crippen LogP contribution in [-0.4, -0.2) is 35.1 Å². The van der Waals surface area contributed by atoms with E-state index in [1.807, 2.05) is 19.9 Å². The van der Waals surface area contributed by atoms with Crippen LogP contribution >= 0.6 is 0 Å². The first-order valence-electron chi connectivity index (χ1n) is 6.66. The van der Waals surface area contributed by atoms with Gasteiger partial charge in [0.25, 0.3) is 0 Å². The SMILES string of the molecule is CCN(CC(C)C(=O)O)C(C)Cc1ccccc1F. The Balaban J connectivity index is 2.66. The summed E-state index contributed by atoms with van der Waals surface area (Å²) in [5.41, 5.74) is 0.677. The van der Waals surface area contributed by atoms with E-state index in [-0.39, 0.29) is 11.9 Å². The van der Waals surface area contributed by atoms with Crippen LogP contribution in [0.15, 0.2) is 24.3 Å². The van der Waals surface area contributed by atoms with Crippen LogP contribution in [0.4, 0.5) is 4.39 Å². The zero-order valence-corrected chi connectivity index (χ0v) is 11.8. The van der Waals surface area contributed by atoms with Crippen molar-refractivity contribution in [1.29, 1.82) is 0 Å². The quantitative estimate of drug-likeness (QED) is 0.826. The standard InChI is InChI=1S/C15H22FNO2/c1-4-17(10-11(2)15(18)19)12(3)9-13-7-5-6-8-14(13)16/h5-8,11-12H,4,9-10H2,1-3H3,(H,18,19). The van der Waals surface area contributed by atoms with Crippen molar-refractivity contribution in [1.82, 2.24) is 4.90 Å². The van der Waals surface area contributed by atoms with E-state index in [1.165, 1.54) is 6.07 Å². The zero-order valence-electron chi connectivity index (χ0n) is 11.8. The first-order chi connectivity index (χ1) is 8.95. The molecule has 0 aliphatic rings. The summed E-state index contributed by atoms with van der Waals surface area (Å²) in [7, 11) is 0. The molecule has 1 rings (SSSR count). The Morgan fingerprint density at radius 1 is 1.37 bits per heavy atom. The molecule has 3 nitrogen and oxygen atoms in total. The molecule has 0 saturated heterocycles. The number of hydrogen-bond donors (Lipinski definition) is 1. The fraction of sp³-hybridized carbons (Fsp3) is 0.533. The second-order valence-corrected chi connectivity index (χ2v) is 4.97. The average molecular weight is 267 g/mol. The number of aliphatic carboxylic acids is 1. The maximum absolute atomic E-state index is 13.6. The van der Waals surface area contributed by atoms with Crippen LogP contribution in [0.3, 0.4) is 0 Å². The van der Waals surface area contributed by atoms with E-state index in [1.54, 1.807) is 19.1 Å². The van der Waals surface area contributed by atoms with E-state index >= 15 is 0 Å². The lowest BCUT2D eigenvalue weighted by molar-refractivity contribution is -0.141. The molecule has 0 bridgehead atoms. The zero-order chi connectivity index (χ0) is 14.4. The van der Waals surface area contributed by atoms with Crippen LogP contribution in [-0.2, 0) is 11.2 Å². The summed E-state index contributed by atoms with van der Waals surface area (Å²) in [6.07, 6.45) is 0.590. The molecule has 0 fully saturated rings. The van der Waals surface area contributed by atoms with Crippen LogP contribution in [0, 0.1) is 11.7 Å². The van der Waals surface area contributed by atoms with Gasteiger partial charge in [-0.25, -0.2) is 4.39 Å². The number of carboxylic acid groups (broad SMARTS) is 1. The second kappa shape index (κ2) is 7.24. The third kappa shape index (κ3) is 4.63. The minimum Gasteiger partial charge on any atom is -0.481 e. The largest absolute Gasteiger partial charge is 0.481 e. The number of carbonyl (C=O) groups is 1. The van der Waals surface area contributed by atoms with Gasteiger partial charge in [0.15, 0.2) is 0 Å². The highest BCUT2D eigenvalue weighted by atomic mass is 19.1. The Kier molecular flexibility index (Phi) is 5.96. The van der Waals surface area contributed by atoms with E-state index in [0.717, 1.165) is 6.54 Å². The van der Waals surface area contributed by atoms with Gasteiger partial charge in [0.1, 0.15) is 5.82 Å². The molecule has 0 saturated carbocycles. The molecule has 106 valence electrons. The molecule has 1 aromatic carbocycles. The van der Waals surface area contributed by atoms with Crippen molar-refractivity contribution >= 4 is 5.97 Å². The molecule has 0 aromatic heterocycles. The van der Waals surface area contributed by atoms with Gasteiger partial charge in [-0.2, -0.15) is 0 Å². The molecule has 0 heterocycles. The Bertz CT molecular complexity index is 422. The van der Waals surface area contributed by atoms with Gasteiger partial charge in [0.05, 0.1) is 5.92 Å². The van der Waals surface area contributed by atoms with Gasteiger partial charge in [-0.1, -0.05) is 32.0 Å². The highest BCUT2D eigenvalue weighted by molar-refractivity contribution is 5.69. The lowest BCUT2D eigenvalue weighted by Gasteiger charge is -2.29. The van der Waals surface area contributed by atoms with Crippen LogP contribution in [0.1, 0.15) is 26.3 Å². The first kappa shape index (κ1) is 15.6. The molecule has 0 spiro atoms. The monoisotopic (exact) mass is 267 g/mol. The number of rotatable bonds is 7. The van der Waals surface area contributed by atoms with Crippen molar-refractivity contribution in [3.63, 3.8) is 0 Å². The van der Waals surface area contributed by atoms with Gasteiger partial charge in [0, 0.05) is 12.6 Å². The molecule has 0 amide bonds. The van der Waals surface area contributed by atoms with E-state index in [0.29, 0.717) is 18.5 Å². The molecule has 1 N–H and O–H groups in total. The summed E-state index contributed by atoms with van der Waals surface area (Å²) in [6, 6.07) is 6.84. The first-order valence-corrected chi connectivity index (χ1v) is 6.66. The number of nitrogens with zero attached hydrogens (tertiary/aromatic N) is 1. The predicted molar refractivity (Wildman–Crippen MR) is 73.6 cm³/mol. The summed E-state index contributed by atoms with van der Waals surface area (Å²) >= 11 is 0. The second-order valence-electron chi connectivity index (χ2n) is 4.97. The van der Waals surface area contributed by atoms with Crippen molar-refractivity contribution in [2.75, 3.05) is 13.1 Å². The van der Waals surface area contributed by atoms with E-state index in [9.17, 15) is 9.18 Å². The molecule has 2 unspecified atom stereocenters. The van der Waals surface area contributed by atoms with Crippen LogP contribution < -0.4 is 0 Å². The third-order valence-corrected chi connectivity index (χ3v) is 3.43. The smallest absolute Gasteiger partial charge is 0.307 e. The lowest BCUT2D eigenvalue weighted by atomic mass is 10.0. The highest BCUT2D eigenvalue weighted by Crippen LogP contribution is 2.14. The number of carboxylic acids is 1. The maximum atomic E-state index is 13.6. The van der Waals surface area contributed by atoms with Crippen molar-refractivity contribution in [2.45, 2.75) is 33.2 Å². The summed E-state index contributed by atoms with van der Waals surface area (Å²) in [6.45, 7) is 6.94. The van der Waals surface area contributed by atoms with Gasteiger partial charge in [-0.05, 0) is 31.5 Å². The molecule has 0 radical (unpaired) electrons. The van der Waals surface area contributed by atoms with Gasteiger partial charge >= 0.3 is 5.97 Å². The van der Waals surface area contributed by atoms with Crippen molar-refractivity contribution in [3.8, 4) is 0 Å². The Morgan fingerprint density at radius 2 is 2.00 bits per heavy atom. The van der Waals surface area contributed by atoms with Gasteiger partial charge in [0.2, 0.25) is 0 Å². The fourth-order valence-electron chi connectivity index (χ4n) is 2.16. The predicted octanol–water partition coefficient (Wildman–Crippen LogP) is 2.80. The van der Waals surface area contributed by atoms with Crippen molar-refractivity contribution < 1.29 is 14.3 Å². The third-order valence-electron chi connectivity index (χ3n) is 3.43. The van der Waals surface area contributed by atoms with E-state index in [2.05, 4.69) is 4.90 Å². The van der Waals surface area contributed by atoms with E-state index < -0.39 is 11.9 Å². The minimum atomic E-state index is -0.795. The van der Waals surface area contributed by atoms with Crippen LogP contribution in [0.5, 0.6) is 0 Å². The Labute approximate surface area is 114 Å². The molecular weight excluding hydrogens is 245 g/mol. The fourth-order valence-corrected chi connectivity index (χ4v) is 2.16. The molecule has 2 atom stereocenters. The highest BCUT2D eigenvalue weighted by Gasteiger charge is 2.20. The molecule has 0 aliphatic carbocycles. The van der Waals surface area contributed by atoms with Gasteiger partial charge < -0.3 is 5.11 Å². The van der Waals surface area contributed by atoms with E-state index in [4.69, 9.17) is 5.11 Å². The lowest BCUT2D eigenvalue weighted by Crippen LogP contribution is -2.39. The normalized spacial score (nSPS) is 14.4. The average Bonchev–Trinajstić information content (AvgIpc) is 2.38. The molecule has 0 aliphatic heterocycles. The Morgan fingerprint density at radius 3 is 2.53 bits per heavy atom. The maximum Gasteiger partial charge on any atom is 0.307 e. The summed E-state index contributed by atoms with van der Waals surface area (Å²) in [5.74, 6) is -1.41. The van der Waals surface area contributed by atoms with Crippen molar-refractivity contribution in [3.05, 3.63) is 35.6 Å². The van der Waals surface area contributed by atoms with Gasteiger partial charge in [-0.3, -0.25) is 9.69 Å². The molecule has 19 heavy (non-hydrogen) atoms. The molecular formula is C15H22FNO2. The molecule has 1 aromatic rings. The summed E-state index contributed by atoms with van der Waals surface area (Å²) < 4.78 is 13.6. The minimum absolute atomic E-state index is 0.115. The van der Waals surface area contributed by atoms with Crippen LogP contribution in [0.25, 0.3) is 0 Å². The topological polar surface area (TPSA) is 40.5 Å². The Hall–Kier alpha value is -1.42. The summed E-state index contributed by atoms with van der Waals surface area (Å²) in [4.78, 5) is 13.0. The van der Waals surface area contributed by atoms with Crippen LogP contribution in [0.2, 0.25) is 0 Å². The number of halogens is 1. The number of hydrogen-bond acceptors (Lipinski definition) is 2. The number of likely N-dealkylation sites (N-methyl/N-ethyl adjacent to an activating group) is 1. The van der Waals surface area contributed by atoms with Crippen molar-refractivity contribution in [2.24, 2.45) is 5.92 Å². The number of benzene rings is 1.